The van der Waals surface area contributed by atoms with Crippen molar-refractivity contribution < 1.29 is 28.3 Å². The van der Waals surface area contributed by atoms with E-state index in [4.69, 9.17) is 25.5 Å². The lowest BCUT2D eigenvalue weighted by Gasteiger charge is -2.09. The largest absolute Gasteiger partial charge is 0.484 e. The Balaban J connectivity index is 1.79. The van der Waals surface area contributed by atoms with Gasteiger partial charge in [0.2, 0.25) is 0 Å². The molecule has 0 saturated carbocycles. The minimum absolute atomic E-state index is 0.0252. The third-order valence-corrected chi connectivity index (χ3v) is 6.22. The zero-order chi connectivity index (χ0) is 24.8. The molecule has 34 heavy (non-hydrogen) atoms. The minimum atomic E-state index is -0.600. The van der Waals surface area contributed by atoms with E-state index in [1.807, 2.05) is 6.92 Å². The second kappa shape index (κ2) is 11.2. The van der Waals surface area contributed by atoms with Crippen molar-refractivity contribution in [3.05, 3.63) is 68.9 Å². The molecule has 3 rings (SSSR count). The van der Waals surface area contributed by atoms with Crippen molar-refractivity contribution in [3.63, 3.8) is 0 Å². The van der Waals surface area contributed by atoms with Crippen LogP contribution >= 0.6 is 22.9 Å². The van der Waals surface area contributed by atoms with E-state index in [0.29, 0.717) is 33.4 Å². The molecule has 0 aliphatic heterocycles. The summed E-state index contributed by atoms with van der Waals surface area (Å²) in [6, 6.07) is 10.1. The zero-order valence-corrected chi connectivity index (χ0v) is 20.8. The number of benzene rings is 1. The first-order valence-corrected chi connectivity index (χ1v) is 11.7. The number of ether oxygens (including phenoxy) is 2. The molecule has 0 aliphatic rings. The zero-order valence-electron chi connectivity index (χ0n) is 19.3. The molecule has 2 amide bonds. The molecule has 0 bridgehead atoms. The van der Waals surface area contributed by atoms with E-state index in [1.54, 1.807) is 51.4 Å². The highest BCUT2D eigenvalue weighted by Gasteiger charge is 2.28. The lowest BCUT2D eigenvalue weighted by molar-refractivity contribution is 0.0506. The van der Waals surface area contributed by atoms with Crippen molar-refractivity contribution >= 4 is 45.7 Å². The van der Waals surface area contributed by atoms with E-state index in [9.17, 15) is 14.4 Å². The van der Waals surface area contributed by atoms with Crippen LogP contribution in [0.5, 0.6) is 5.75 Å². The number of amides is 2. The van der Waals surface area contributed by atoms with Crippen LogP contribution in [0.1, 0.15) is 55.3 Å². The van der Waals surface area contributed by atoms with Crippen LogP contribution in [0.3, 0.4) is 0 Å². The fourth-order valence-electron chi connectivity index (χ4n) is 2.97. The highest BCUT2D eigenvalue weighted by molar-refractivity contribution is 7.18. The first-order valence-electron chi connectivity index (χ1n) is 10.5. The quantitative estimate of drug-likeness (QED) is 0.392. The van der Waals surface area contributed by atoms with Crippen LogP contribution in [0, 0.1) is 6.92 Å². The van der Waals surface area contributed by atoms with Crippen molar-refractivity contribution in [1.29, 1.82) is 0 Å². The number of thiophene rings is 1. The van der Waals surface area contributed by atoms with E-state index in [0.717, 1.165) is 11.3 Å². The number of carbonyl (C=O) groups excluding carboxylic acids is 3. The molecule has 10 heteroatoms. The normalized spacial score (nSPS) is 10.6. The van der Waals surface area contributed by atoms with Crippen LogP contribution in [-0.2, 0) is 11.3 Å². The molecule has 0 spiro atoms. The van der Waals surface area contributed by atoms with E-state index in [-0.39, 0.29) is 35.4 Å². The lowest BCUT2D eigenvalue weighted by Crippen LogP contribution is -2.21. The van der Waals surface area contributed by atoms with Gasteiger partial charge in [-0.25, -0.2) is 4.79 Å². The Bertz CT molecular complexity index is 1200. The molecule has 8 nitrogen and oxygen atoms in total. The van der Waals surface area contributed by atoms with Gasteiger partial charge >= 0.3 is 5.97 Å². The topological polar surface area (TPSA) is 98.1 Å². The molecule has 180 valence electrons. The van der Waals surface area contributed by atoms with Crippen molar-refractivity contribution in [2.75, 3.05) is 26.0 Å². The number of esters is 1. The van der Waals surface area contributed by atoms with Crippen LogP contribution in [0.4, 0.5) is 5.00 Å². The van der Waals surface area contributed by atoms with E-state index in [2.05, 4.69) is 5.32 Å². The first kappa shape index (κ1) is 25.3. The average molecular weight is 505 g/mol. The number of nitrogens with zero attached hydrogens (tertiary/aromatic N) is 1. The van der Waals surface area contributed by atoms with Gasteiger partial charge in [-0.05, 0) is 43.2 Å². The summed E-state index contributed by atoms with van der Waals surface area (Å²) in [5, 5.41) is 3.37. The van der Waals surface area contributed by atoms with Crippen LogP contribution in [0.15, 0.2) is 40.8 Å². The van der Waals surface area contributed by atoms with Crippen LogP contribution in [-0.4, -0.2) is 43.4 Å². The van der Waals surface area contributed by atoms with E-state index >= 15 is 0 Å². The van der Waals surface area contributed by atoms with Crippen LogP contribution < -0.4 is 10.1 Å². The molecule has 0 unspecified atom stereocenters. The highest BCUT2D eigenvalue weighted by Crippen LogP contribution is 2.35. The number of halogens is 1. The van der Waals surface area contributed by atoms with Gasteiger partial charge in [-0.1, -0.05) is 30.7 Å². The van der Waals surface area contributed by atoms with Gasteiger partial charge in [0.15, 0.2) is 5.76 Å². The first-order chi connectivity index (χ1) is 16.2. The molecule has 0 atom stereocenters. The number of rotatable bonds is 9. The van der Waals surface area contributed by atoms with Gasteiger partial charge in [-0.15, -0.1) is 11.3 Å². The molecule has 2 aromatic heterocycles. The molecule has 0 fully saturated rings. The lowest BCUT2D eigenvalue weighted by atomic mass is 10.1. The smallest absolute Gasteiger partial charge is 0.341 e. The van der Waals surface area contributed by atoms with Gasteiger partial charge < -0.3 is 24.1 Å². The monoisotopic (exact) mass is 504 g/mol. The Morgan fingerprint density at radius 2 is 1.88 bits per heavy atom. The summed E-state index contributed by atoms with van der Waals surface area (Å²) in [7, 11) is 3.23. The summed E-state index contributed by atoms with van der Waals surface area (Å²) in [5.74, 6) is -0.509. The predicted octanol–water partition coefficient (Wildman–Crippen LogP) is 5.40. The number of furan rings is 1. The Labute approximate surface area is 206 Å². The Morgan fingerprint density at radius 3 is 2.56 bits per heavy atom. The van der Waals surface area contributed by atoms with E-state index < -0.39 is 11.9 Å². The molecule has 0 radical (unpaired) electrons. The number of carbonyl (C=O) groups is 3. The third kappa shape index (κ3) is 5.78. The molecular formula is C24H25ClN2O6S. The number of hydrogen-bond acceptors (Lipinski definition) is 7. The van der Waals surface area contributed by atoms with Crippen molar-refractivity contribution in [2.24, 2.45) is 0 Å². The molecular weight excluding hydrogens is 480 g/mol. The summed E-state index contributed by atoms with van der Waals surface area (Å²) in [4.78, 5) is 39.9. The second-order valence-electron chi connectivity index (χ2n) is 7.53. The predicted molar refractivity (Wildman–Crippen MR) is 130 cm³/mol. The Hall–Kier alpha value is -3.30. The molecule has 3 aromatic rings. The summed E-state index contributed by atoms with van der Waals surface area (Å²) >= 11 is 7.10. The van der Waals surface area contributed by atoms with Gasteiger partial charge in [0.1, 0.15) is 23.1 Å². The van der Waals surface area contributed by atoms with Crippen molar-refractivity contribution in [3.8, 4) is 5.75 Å². The number of hydrogen-bond donors (Lipinski definition) is 1. The van der Waals surface area contributed by atoms with Crippen molar-refractivity contribution in [1.82, 2.24) is 4.90 Å². The van der Waals surface area contributed by atoms with Gasteiger partial charge in [0.25, 0.3) is 11.8 Å². The molecule has 1 aromatic carbocycles. The highest BCUT2D eigenvalue weighted by atomic mass is 35.5. The number of anilines is 1. The van der Waals surface area contributed by atoms with Crippen molar-refractivity contribution in [2.45, 2.75) is 26.9 Å². The minimum Gasteiger partial charge on any atom is -0.484 e. The third-order valence-electron chi connectivity index (χ3n) is 4.71. The van der Waals surface area contributed by atoms with Gasteiger partial charge in [0, 0.05) is 14.1 Å². The molecule has 0 aliphatic carbocycles. The van der Waals surface area contributed by atoms with Gasteiger partial charge in [-0.2, -0.15) is 0 Å². The fraction of sp³-hybridized carbons (Fsp3) is 0.292. The maximum Gasteiger partial charge on any atom is 0.341 e. The summed E-state index contributed by atoms with van der Waals surface area (Å²) in [6.45, 7) is 3.83. The molecule has 0 saturated heterocycles. The summed E-state index contributed by atoms with van der Waals surface area (Å²) in [6.07, 6.45) is 0.644. The number of para-hydroxylation sites is 1. The molecule has 2 heterocycles. The van der Waals surface area contributed by atoms with Gasteiger partial charge in [-0.3, -0.25) is 9.59 Å². The Morgan fingerprint density at radius 1 is 1.15 bits per heavy atom. The maximum atomic E-state index is 12.9. The summed E-state index contributed by atoms with van der Waals surface area (Å²) < 4.78 is 16.5. The fourth-order valence-corrected chi connectivity index (χ4v) is 4.38. The maximum absolute atomic E-state index is 12.9. The van der Waals surface area contributed by atoms with Crippen LogP contribution in [0.25, 0.3) is 0 Å². The standard InChI is InChI=1S/C24H25ClN2O6S/c1-5-12-31-24(30)19-14(2)20(23(29)27(3)4)34-22(19)26-21(28)18-11-10-15(33-18)13-32-17-9-7-6-8-16(17)25/h6-11H,5,12-13H2,1-4H3,(H,26,28). The summed E-state index contributed by atoms with van der Waals surface area (Å²) in [5.41, 5.74) is 0.610. The van der Waals surface area contributed by atoms with Crippen LogP contribution in [0.2, 0.25) is 5.02 Å². The second-order valence-corrected chi connectivity index (χ2v) is 8.96. The van der Waals surface area contributed by atoms with Gasteiger partial charge in [0.05, 0.1) is 22.1 Å². The number of nitrogens with one attached hydrogen (secondary N) is 1. The Kier molecular flexibility index (Phi) is 8.36. The molecule has 1 N–H and O–H groups in total. The SMILES string of the molecule is CCCOC(=O)c1c(NC(=O)c2ccc(COc3ccccc3Cl)o2)sc(C(=O)N(C)C)c1C. The van der Waals surface area contributed by atoms with E-state index in [1.165, 1.54) is 11.0 Å². The average Bonchev–Trinajstić information content (AvgIpc) is 3.41.